The quantitative estimate of drug-likeness (QED) is 0.164. The summed E-state index contributed by atoms with van der Waals surface area (Å²) in [6, 6.07) is 33.6. The van der Waals surface area contributed by atoms with Crippen molar-refractivity contribution in [3.8, 4) is 22.6 Å². The van der Waals surface area contributed by atoms with Gasteiger partial charge in [0.15, 0.2) is 6.61 Å². The third-order valence-electron chi connectivity index (χ3n) is 6.24. The van der Waals surface area contributed by atoms with Gasteiger partial charge in [-0.3, -0.25) is 9.59 Å². The molecule has 5 N–H and O–H groups in total. The van der Waals surface area contributed by atoms with Gasteiger partial charge in [-0.2, -0.15) is 0 Å². The summed E-state index contributed by atoms with van der Waals surface area (Å²) in [5, 5.41) is 21.4. The molecule has 5 aromatic carbocycles. The first-order valence-corrected chi connectivity index (χ1v) is 13.1. The Kier molecular flexibility index (Phi) is 9.70. The Morgan fingerprint density at radius 1 is 0.878 bits per heavy atom. The molecular weight excluding hydrogens is 538 g/mol. The summed E-state index contributed by atoms with van der Waals surface area (Å²) in [6.07, 6.45) is 1.32. The molecule has 0 saturated heterocycles. The van der Waals surface area contributed by atoms with E-state index in [9.17, 15) is 9.59 Å². The number of primary amides is 1. The van der Waals surface area contributed by atoms with Crippen molar-refractivity contribution in [1.29, 1.82) is 5.41 Å². The van der Waals surface area contributed by atoms with Crippen LogP contribution in [0, 0.1) is 5.41 Å². The van der Waals surface area contributed by atoms with E-state index in [0.717, 1.165) is 33.0 Å². The monoisotopic (exact) mass is 565 g/mol. The number of hydrogen-bond acceptors (Lipinski definition) is 5. The molecule has 0 unspecified atom stereocenters. The van der Waals surface area contributed by atoms with Crippen molar-refractivity contribution in [3.63, 3.8) is 0 Å². The van der Waals surface area contributed by atoms with Crippen molar-refractivity contribution in [1.82, 2.24) is 5.32 Å². The van der Waals surface area contributed by atoms with E-state index in [2.05, 4.69) is 23.5 Å². The van der Waals surface area contributed by atoms with Gasteiger partial charge >= 0.3 is 0 Å². The Bertz CT molecular complexity index is 1690. The highest BCUT2D eigenvalue weighted by atomic mass is 35.5. The van der Waals surface area contributed by atoms with Crippen LogP contribution in [0.3, 0.4) is 0 Å². The third-order valence-corrected chi connectivity index (χ3v) is 6.55. The summed E-state index contributed by atoms with van der Waals surface area (Å²) >= 11 is 5.50. The number of nitrogens with two attached hydrogens (primary N) is 1. The number of phenolic OH excluding ortho intramolecular Hbond substituents is 1. The van der Waals surface area contributed by atoms with Gasteiger partial charge < -0.3 is 26.3 Å². The molecule has 0 atom stereocenters. The lowest BCUT2D eigenvalue weighted by Gasteiger charge is -2.13. The summed E-state index contributed by atoms with van der Waals surface area (Å²) in [5.41, 5.74) is 9.34. The van der Waals surface area contributed by atoms with Gasteiger partial charge in [-0.05, 0) is 52.4 Å². The fourth-order valence-corrected chi connectivity index (χ4v) is 4.35. The number of amides is 2. The number of halogens is 1. The first-order chi connectivity index (χ1) is 19.9. The molecule has 0 saturated carbocycles. The molecule has 0 spiro atoms. The van der Waals surface area contributed by atoms with Gasteiger partial charge in [0.05, 0.1) is 5.02 Å². The van der Waals surface area contributed by atoms with Gasteiger partial charge in [0.2, 0.25) is 5.91 Å². The topological polar surface area (TPSA) is 126 Å². The van der Waals surface area contributed by atoms with Crippen LogP contribution in [-0.2, 0) is 11.3 Å². The molecule has 0 fully saturated rings. The number of carbonyl (C=O) groups excluding carboxylic acids is 2. The molecule has 0 radical (unpaired) electrons. The largest absolute Gasteiger partial charge is 0.506 e. The molecule has 7 nitrogen and oxygen atoms in total. The number of hydrogen-bond donors (Lipinski definition) is 4. The number of phenols is 1. The van der Waals surface area contributed by atoms with E-state index >= 15 is 0 Å². The molecule has 2 amide bonds. The van der Waals surface area contributed by atoms with Gasteiger partial charge in [-0.15, -0.1) is 0 Å². The standard InChI is InChI=1S/C26H22N2O2.C7H6ClNO2/c27-16-20-14-15-25(24-13-7-6-12-23(20)24)30-18-26(29)28-17-21-10-4-5-11-22(21)19-8-2-1-3-9-19;8-5-3-4(7(9)11)1-2-6(5)10/h1-16,27H,17-18H2,(H,28,29);1-3,10H,(H2,9,11). The van der Waals surface area contributed by atoms with Crippen molar-refractivity contribution in [2.45, 2.75) is 6.54 Å². The highest BCUT2D eigenvalue weighted by molar-refractivity contribution is 6.32. The van der Waals surface area contributed by atoms with Crippen molar-refractivity contribution in [3.05, 3.63) is 131 Å². The molecular formula is C33H28ClN3O4. The minimum atomic E-state index is -0.563. The molecule has 5 rings (SSSR count). The molecule has 5 aromatic rings. The van der Waals surface area contributed by atoms with Crippen LogP contribution < -0.4 is 15.8 Å². The third kappa shape index (κ3) is 7.50. The van der Waals surface area contributed by atoms with E-state index in [0.29, 0.717) is 12.3 Å². The Balaban J connectivity index is 0.000000296. The number of rotatable bonds is 8. The first kappa shape index (κ1) is 28.9. The molecule has 0 aromatic heterocycles. The first-order valence-electron chi connectivity index (χ1n) is 12.7. The average molecular weight is 566 g/mol. The maximum absolute atomic E-state index is 12.4. The predicted octanol–water partition coefficient (Wildman–Crippen LogP) is 6.34. The zero-order valence-corrected chi connectivity index (χ0v) is 22.8. The van der Waals surface area contributed by atoms with Gasteiger partial charge in [0.25, 0.3) is 5.91 Å². The summed E-state index contributed by atoms with van der Waals surface area (Å²) in [4.78, 5) is 23.0. The Morgan fingerprint density at radius 2 is 1.56 bits per heavy atom. The van der Waals surface area contributed by atoms with E-state index in [1.807, 2.05) is 66.7 Å². The number of benzene rings is 5. The molecule has 0 aliphatic rings. The van der Waals surface area contributed by atoms with Crippen LogP contribution in [-0.4, -0.2) is 29.7 Å². The molecule has 206 valence electrons. The Labute approximate surface area is 242 Å². The number of nitrogens with one attached hydrogen (secondary N) is 2. The lowest BCUT2D eigenvalue weighted by Crippen LogP contribution is -2.28. The average Bonchev–Trinajstić information content (AvgIpc) is 3.01. The van der Waals surface area contributed by atoms with E-state index < -0.39 is 5.91 Å². The highest BCUT2D eigenvalue weighted by Crippen LogP contribution is 2.28. The predicted molar refractivity (Wildman–Crippen MR) is 163 cm³/mol. The van der Waals surface area contributed by atoms with Crippen LogP contribution >= 0.6 is 11.6 Å². The summed E-state index contributed by atoms with van der Waals surface area (Å²) in [6.45, 7) is 0.363. The Hall–Kier alpha value is -5.14. The van der Waals surface area contributed by atoms with Crippen LogP contribution in [0.25, 0.3) is 21.9 Å². The summed E-state index contributed by atoms with van der Waals surface area (Å²) < 4.78 is 5.80. The smallest absolute Gasteiger partial charge is 0.258 e. The van der Waals surface area contributed by atoms with Gasteiger partial charge in [-0.1, -0.05) is 90.5 Å². The second kappa shape index (κ2) is 13.8. The molecule has 0 aliphatic carbocycles. The second-order valence-electron chi connectivity index (χ2n) is 8.96. The van der Waals surface area contributed by atoms with Crippen LogP contribution in [0.2, 0.25) is 5.02 Å². The lowest BCUT2D eigenvalue weighted by molar-refractivity contribution is -0.123. The van der Waals surface area contributed by atoms with E-state index in [-0.39, 0.29) is 28.8 Å². The second-order valence-corrected chi connectivity index (χ2v) is 9.37. The maximum Gasteiger partial charge on any atom is 0.258 e. The van der Waals surface area contributed by atoms with Crippen LogP contribution in [0.4, 0.5) is 0 Å². The molecule has 8 heteroatoms. The van der Waals surface area contributed by atoms with Crippen molar-refractivity contribution in [2.75, 3.05) is 6.61 Å². The zero-order chi connectivity index (χ0) is 29.2. The fraction of sp³-hybridized carbons (Fsp3) is 0.0606. The van der Waals surface area contributed by atoms with E-state index in [1.54, 1.807) is 6.07 Å². The van der Waals surface area contributed by atoms with Crippen molar-refractivity contribution < 1.29 is 19.4 Å². The van der Waals surface area contributed by atoms with Crippen LogP contribution in [0.1, 0.15) is 21.5 Å². The minimum Gasteiger partial charge on any atom is -0.506 e. The van der Waals surface area contributed by atoms with Gasteiger partial charge in [0.1, 0.15) is 11.5 Å². The number of fused-ring (bicyclic) bond motifs is 1. The van der Waals surface area contributed by atoms with Gasteiger partial charge in [-0.25, -0.2) is 0 Å². The van der Waals surface area contributed by atoms with Crippen molar-refractivity contribution in [2.24, 2.45) is 5.73 Å². The molecule has 41 heavy (non-hydrogen) atoms. The van der Waals surface area contributed by atoms with Gasteiger partial charge in [0, 0.05) is 29.3 Å². The van der Waals surface area contributed by atoms with Crippen LogP contribution in [0.15, 0.2) is 109 Å². The zero-order valence-electron chi connectivity index (χ0n) is 22.0. The molecule has 0 bridgehead atoms. The highest BCUT2D eigenvalue weighted by Gasteiger charge is 2.10. The normalized spacial score (nSPS) is 10.3. The maximum atomic E-state index is 12.4. The molecule has 0 aliphatic heterocycles. The fourth-order valence-electron chi connectivity index (χ4n) is 4.17. The van der Waals surface area contributed by atoms with Crippen molar-refractivity contribution >= 4 is 40.4 Å². The van der Waals surface area contributed by atoms with E-state index in [1.165, 1.54) is 24.4 Å². The number of aromatic hydroxyl groups is 1. The number of ether oxygens (including phenoxy) is 1. The lowest BCUT2D eigenvalue weighted by atomic mass is 10.00. The number of carbonyl (C=O) groups is 2. The Morgan fingerprint density at radius 3 is 2.27 bits per heavy atom. The van der Waals surface area contributed by atoms with Crippen LogP contribution in [0.5, 0.6) is 11.5 Å². The minimum absolute atomic E-state index is 0.0586. The molecule has 0 heterocycles. The summed E-state index contributed by atoms with van der Waals surface area (Å²) in [5.74, 6) is -0.169. The summed E-state index contributed by atoms with van der Waals surface area (Å²) in [7, 11) is 0. The van der Waals surface area contributed by atoms with E-state index in [4.69, 9.17) is 32.6 Å². The SMILES string of the molecule is N=Cc1ccc(OCC(=O)NCc2ccccc2-c2ccccc2)c2ccccc12.NC(=O)c1ccc(O)c(Cl)c1.